The van der Waals surface area contributed by atoms with Crippen molar-refractivity contribution < 1.29 is 14.1 Å². The van der Waals surface area contributed by atoms with Crippen LogP contribution in [0.4, 0.5) is 5.69 Å². The highest BCUT2D eigenvalue weighted by molar-refractivity contribution is 7.13. The van der Waals surface area contributed by atoms with E-state index in [1.807, 2.05) is 48.7 Å². The molecule has 0 saturated carbocycles. The standard InChI is InChI=1S/C19H20N4O3S/c1-13-5-7-14(8-6-13)20-16(24)12-23(2)18(25)10-9-17-21-19(22-26-17)15-4-3-11-27-15/h3-8,11H,9-10,12H2,1-2H3,(H,20,24). The number of amides is 2. The summed E-state index contributed by atoms with van der Waals surface area (Å²) in [4.78, 5) is 30.9. The molecule has 27 heavy (non-hydrogen) atoms. The molecule has 0 radical (unpaired) electrons. The lowest BCUT2D eigenvalue weighted by molar-refractivity contribution is -0.133. The number of hydrogen-bond donors (Lipinski definition) is 1. The van der Waals surface area contributed by atoms with Gasteiger partial charge in [-0.25, -0.2) is 0 Å². The van der Waals surface area contributed by atoms with Crippen molar-refractivity contribution in [1.29, 1.82) is 0 Å². The van der Waals surface area contributed by atoms with Crippen LogP contribution in [0, 0.1) is 6.92 Å². The predicted molar refractivity (Wildman–Crippen MR) is 103 cm³/mol. The quantitative estimate of drug-likeness (QED) is 0.676. The number of carbonyl (C=O) groups excluding carboxylic acids is 2. The summed E-state index contributed by atoms with van der Waals surface area (Å²) >= 11 is 1.52. The molecule has 2 amide bonds. The van der Waals surface area contributed by atoms with Gasteiger partial charge in [0.2, 0.25) is 23.5 Å². The summed E-state index contributed by atoms with van der Waals surface area (Å²) < 4.78 is 5.18. The highest BCUT2D eigenvalue weighted by Crippen LogP contribution is 2.21. The lowest BCUT2D eigenvalue weighted by Crippen LogP contribution is -2.35. The van der Waals surface area contributed by atoms with Crippen molar-refractivity contribution in [2.45, 2.75) is 19.8 Å². The Morgan fingerprint density at radius 3 is 2.70 bits per heavy atom. The van der Waals surface area contributed by atoms with Crippen molar-refractivity contribution in [3.8, 4) is 10.7 Å². The van der Waals surface area contributed by atoms with Gasteiger partial charge in [-0.2, -0.15) is 4.98 Å². The number of benzene rings is 1. The SMILES string of the molecule is Cc1ccc(NC(=O)CN(C)C(=O)CCc2nc(-c3cccs3)no2)cc1. The molecule has 1 N–H and O–H groups in total. The summed E-state index contributed by atoms with van der Waals surface area (Å²) in [5.74, 6) is 0.528. The molecule has 0 spiro atoms. The van der Waals surface area contributed by atoms with E-state index in [-0.39, 0.29) is 24.8 Å². The fraction of sp³-hybridized carbons (Fsp3) is 0.263. The zero-order valence-electron chi connectivity index (χ0n) is 15.1. The molecule has 7 nitrogen and oxygen atoms in total. The van der Waals surface area contributed by atoms with Gasteiger partial charge in [-0.05, 0) is 30.5 Å². The van der Waals surface area contributed by atoms with Crippen molar-refractivity contribution in [2.24, 2.45) is 0 Å². The van der Waals surface area contributed by atoms with Crippen LogP contribution in [-0.2, 0) is 16.0 Å². The van der Waals surface area contributed by atoms with Gasteiger partial charge in [0.15, 0.2) is 0 Å². The summed E-state index contributed by atoms with van der Waals surface area (Å²) in [5.41, 5.74) is 1.82. The molecule has 3 aromatic rings. The lowest BCUT2D eigenvalue weighted by Gasteiger charge is -2.16. The van der Waals surface area contributed by atoms with E-state index in [1.54, 1.807) is 7.05 Å². The Labute approximate surface area is 161 Å². The van der Waals surface area contributed by atoms with Crippen LogP contribution in [0.2, 0.25) is 0 Å². The van der Waals surface area contributed by atoms with Crippen LogP contribution in [0.3, 0.4) is 0 Å². The van der Waals surface area contributed by atoms with E-state index in [9.17, 15) is 9.59 Å². The van der Waals surface area contributed by atoms with Gasteiger partial charge in [0, 0.05) is 25.6 Å². The van der Waals surface area contributed by atoms with Gasteiger partial charge in [-0.15, -0.1) is 11.3 Å². The number of anilines is 1. The number of nitrogens with zero attached hydrogens (tertiary/aromatic N) is 3. The summed E-state index contributed by atoms with van der Waals surface area (Å²) in [6.45, 7) is 1.96. The molecule has 8 heteroatoms. The van der Waals surface area contributed by atoms with Crippen molar-refractivity contribution in [3.63, 3.8) is 0 Å². The fourth-order valence-corrected chi connectivity index (χ4v) is 3.06. The molecular weight excluding hydrogens is 364 g/mol. The average molecular weight is 384 g/mol. The fourth-order valence-electron chi connectivity index (χ4n) is 2.41. The van der Waals surface area contributed by atoms with Crippen LogP contribution in [0.1, 0.15) is 17.9 Å². The van der Waals surface area contributed by atoms with Crippen LogP contribution in [0.5, 0.6) is 0 Å². The predicted octanol–water partition coefficient (Wildman–Crippen LogP) is 3.14. The largest absolute Gasteiger partial charge is 0.339 e. The number of thiophene rings is 1. The zero-order valence-corrected chi connectivity index (χ0v) is 16.0. The maximum Gasteiger partial charge on any atom is 0.243 e. The Kier molecular flexibility index (Phi) is 5.97. The number of rotatable bonds is 7. The third-order valence-corrected chi connectivity index (χ3v) is 4.77. The van der Waals surface area contributed by atoms with E-state index < -0.39 is 0 Å². The van der Waals surface area contributed by atoms with E-state index in [2.05, 4.69) is 15.5 Å². The van der Waals surface area contributed by atoms with Crippen molar-refractivity contribution in [1.82, 2.24) is 15.0 Å². The Hall–Kier alpha value is -3.00. The summed E-state index contributed by atoms with van der Waals surface area (Å²) in [6.07, 6.45) is 0.529. The molecule has 0 aliphatic rings. The zero-order chi connectivity index (χ0) is 19.2. The van der Waals surface area contributed by atoms with E-state index in [4.69, 9.17) is 4.52 Å². The average Bonchev–Trinajstić information content (AvgIpc) is 3.33. The number of likely N-dealkylation sites (N-methyl/N-ethyl adjacent to an activating group) is 1. The topological polar surface area (TPSA) is 88.3 Å². The first kappa shape index (κ1) is 18.8. The summed E-state index contributed by atoms with van der Waals surface area (Å²) in [6, 6.07) is 11.3. The van der Waals surface area contributed by atoms with Crippen LogP contribution in [-0.4, -0.2) is 40.4 Å². The molecule has 2 heterocycles. The number of carbonyl (C=O) groups is 2. The minimum absolute atomic E-state index is 0.0169. The maximum absolute atomic E-state index is 12.2. The smallest absolute Gasteiger partial charge is 0.243 e. The molecule has 0 aliphatic carbocycles. The minimum Gasteiger partial charge on any atom is -0.339 e. The monoisotopic (exact) mass is 384 g/mol. The molecular formula is C19H20N4O3S. The molecule has 1 aromatic carbocycles. The molecule has 3 rings (SSSR count). The summed E-state index contributed by atoms with van der Waals surface area (Å²) in [7, 11) is 1.60. The lowest BCUT2D eigenvalue weighted by atomic mass is 10.2. The first-order chi connectivity index (χ1) is 13.0. The van der Waals surface area contributed by atoms with Crippen LogP contribution >= 0.6 is 11.3 Å². The third-order valence-electron chi connectivity index (χ3n) is 3.90. The van der Waals surface area contributed by atoms with Crippen molar-refractivity contribution in [3.05, 3.63) is 53.2 Å². The van der Waals surface area contributed by atoms with E-state index in [0.29, 0.717) is 23.8 Å². The molecule has 0 fully saturated rings. The maximum atomic E-state index is 12.2. The van der Waals surface area contributed by atoms with Gasteiger partial charge in [0.05, 0.1) is 11.4 Å². The molecule has 0 aliphatic heterocycles. The van der Waals surface area contributed by atoms with Crippen LogP contribution in [0.25, 0.3) is 10.7 Å². The van der Waals surface area contributed by atoms with Gasteiger partial charge in [0.1, 0.15) is 0 Å². The Morgan fingerprint density at radius 2 is 2.00 bits per heavy atom. The van der Waals surface area contributed by atoms with Crippen molar-refractivity contribution >= 4 is 28.8 Å². The highest BCUT2D eigenvalue weighted by atomic mass is 32.1. The number of aryl methyl sites for hydroxylation is 2. The number of hydrogen-bond acceptors (Lipinski definition) is 6. The molecule has 0 unspecified atom stereocenters. The molecule has 2 aromatic heterocycles. The Bertz CT molecular complexity index is 903. The van der Waals surface area contributed by atoms with Gasteiger partial charge < -0.3 is 14.7 Å². The van der Waals surface area contributed by atoms with Crippen molar-refractivity contribution in [2.75, 3.05) is 18.9 Å². The molecule has 0 saturated heterocycles. The number of nitrogens with one attached hydrogen (secondary N) is 1. The van der Waals surface area contributed by atoms with E-state index in [0.717, 1.165) is 10.4 Å². The second kappa shape index (κ2) is 8.59. The molecule has 0 atom stereocenters. The molecule has 140 valence electrons. The number of aromatic nitrogens is 2. The highest BCUT2D eigenvalue weighted by Gasteiger charge is 2.16. The first-order valence-electron chi connectivity index (χ1n) is 8.48. The van der Waals surface area contributed by atoms with Gasteiger partial charge in [-0.1, -0.05) is 28.9 Å². The van der Waals surface area contributed by atoms with Gasteiger partial charge in [-0.3, -0.25) is 9.59 Å². The second-order valence-corrected chi connectivity index (χ2v) is 7.10. The second-order valence-electron chi connectivity index (χ2n) is 6.15. The third kappa shape index (κ3) is 5.24. The van der Waals surface area contributed by atoms with Crippen LogP contribution in [0.15, 0.2) is 46.3 Å². The summed E-state index contributed by atoms with van der Waals surface area (Å²) in [5, 5.41) is 8.63. The first-order valence-corrected chi connectivity index (χ1v) is 9.36. The Morgan fingerprint density at radius 1 is 1.22 bits per heavy atom. The van der Waals surface area contributed by atoms with E-state index in [1.165, 1.54) is 16.2 Å². The minimum atomic E-state index is -0.243. The van der Waals surface area contributed by atoms with Gasteiger partial charge >= 0.3 is 0 Å². The van der Waals surface area contributed by atoms with E-state index >= 15 is 0 Å². The normalized spacial score (nSPS) is 10.6. The Balaban J connectivity index is 1.46. The molecule has 0 bridgehead atoms. The van der Waals surface area contributed by atoms with Crippen LogP contribution < -0.4 is 5.32 Å². The van der Waals surface area contributed by atoms with Gasteiger partial charge in [0.25, 0.3) is 0 Å².